The van der Waals surface area contributed by atoms with Crippen LogP contribution in [-0.4, -0.2) is 24.6 Å². The summed E-state index contributed by atoms with van der Waals surface area (Å²) in [6.45, 7) is 3.02. The highest BCUT2D eigenvalue weighted by atomic mass is 35.5. The lowest BCUT2D eigenvalue weighted by molar-refractivity contribution is 0.112. The molecule has 0 radical (unpaired) electrons. The van der Waals surface area contributed by atoms with Gasteiger partial charge in [-0.1, -0.05) is 11.6 Å². The minimum absolute atomic E-state index is 0.425. The maximum absolute atomic E-state index is 11.1. The second-order valence-electron chi connectivity index (χ2n) is 3.90. The van der Waals surface area contributed by atoms with Gasteiger partial charge in [0.15, 0.2) is 12.0 Å². The average Bonchev–Trinajstić information content (AvgIpc) is 2.94. The molecule has 0 saturated heterocycles. The van der Waals surface area contributed by atoms with Crippen molar-refractivity contribution < 1.29 is 13.9 Å². The van der Waals surface area contributed by atoms with E-state index in [1.807, 2.05) is 17.6 Å². The van der Waals surface area contributed by atoms with E-state index in [-0.39, 0.29) is 0 Å². The van der Waals surface area contributed by atoms with Crippen LogP contribution in [0, 0.1) is 6.92 Å². The van der Waals surface area contributed by atoms with Crippen LogP contribution in [0.3, 0.4) is 0 Å². The van der Waals surface area contributed by atoms with Crippen molar-refractivity contribution in [2.75, 3.05) is 13.7 Å². The molecule has 0 saturated carbocycles. The number of hydrogen-bond donors (Lipinski definition) is 0. The van der Waals surface area contributed by atoms with Crippen molar-refractivity contribution in [2.45, 2.75) is 13.5 Å². The van der Waals surface area contributed by atoms with Crippen molar-refractivity contribution in [2.24, 2.45) is 0 Å². The lowest BCUT2D eigenvalue weighted by atomic mass is 10.2. The molecular formula is C13H14ClNO3. The van der Waals surface area contributed by atoms with Crippen molar-refractivity contribution in [3.63, 3.8) is 0 Å². The molecular weight excluding hydrogens is 254 g/mol. The van der Waals surface area contributed by atoms with E-state index in [1.165, 1.54) is 0 Å². The average molecular weight is 268 g/mol. The number of carbonyl (C=O) groups is 1. The Morgan fingerprint density at radius 1 is 1.56 bits per heavy atom. The molecule has 5 heteroatoms. The topological polar surface area (TPSA) is 44.4 Å². The Hall–Kier alpha value is -1.52. The fourth-order valence-corrected chi connectivity index (χ4v) is 2.35. The van der Waals surface area contributed by atoms with Gasteiger partial charge in [0.2, 0.25) is 0 Å². The highest BCUT2D eigenvalue weighted by Crippen LogP contribution is 2.34. The van der Waals surface area contributed by atoms with Crippen molar-refractivity contribution in [1.82, 2.24) is 4.57 Å². The first kappa shape index (κ1) is 12.9. The largest absolute Gasteiger partial charge is 0.463 e. The van der Waals surface area contributed by atoms with Crippen LogP contribution in [0.15, 0.2) is 22.8 Å². The van der Waals surface area contributed by atoms with Crippen LogP contribution < -0.4 is 0 Å². The van der Waals surface area contributed by atoms with Gasteiger partial charge in [-0.2, -0.15) is 0 Å². The molecule has 0 amide bonds. The molecule has 96 valence electrons. The van der Waals surface area contributed by atoms with Crippen molar-refractivity contribution >= 4 is 17.9 Å². The van der Waals surface area contributed by atoms with Crippen LogP contribution in [0.1, 0.15) is 16.1 Å². The minimum atomic E-state index is 0.425. The Morgan fingerprint density at radius 2 is 2.33 bits per heavy atom. The number of rotatable bonds is 5. The molecule has 2 aromatic rings. The smallest absolute Gasteiger partial charge is 0.153 e. The standard InChI is InChI=1S/C13H14ClNO3/c1-9-10(8-16)12(14)13(11-4-3-6-18-11)15(9)5-7-17-2/h3-4,6,8H,5,7H2,1-2H3. The van der Waals surface area contributed by atoms with E-state index in [2.05, 4.69) is 0 Å². The summed E-state index contributed by atoms with van der Waals surface area (Å²) >= 11 is 6.25. The lowest BCUT2D eigenvalue weighted by Gasteiger charge is -2.09. The van der Waals surface area contributed by atoms with Gasteiger partial charge in [0.05, 0.1) is 23.5 Å². The maximum atomic E-state index is 11.1. The number of methoxy groups -OCH3 is 1. The van der Waals surface area contributed by atoms with E-state index in [4.69, 9.17) is 20.8 Å². The Labute approximate surface area is 110 Å². The number of carbonyl (C=O) groups excluding carboxylic acids is 1. The molecule has 2 aromatic heterocycles. The summed E-state index contributed by atoms with van der Waals surface area (Å²) in [7, 11) is 1.63. The van der Waals surface area contributed by atoms with Crippen molar-refractivity contribution in [3.05, 3.63) is 34.7 Å². The van der Waals surface area contributed by atoms with Crippen LogP contribution >= 0.6 is 11.6 Å². The number of furan rings is 1. The normalized spacial score (nSPS) is 10.8. The fourth-order valence-electron chi connectivity index (χ4n) is 1.97. The van der Waals surface area contributed by atoms with Gasteiger partial charge >= 0.3 is 0 Å². The molecule has 0 aromatic carbocycles. The zero-order valence-corrected chi connectivity index (χ0v) is 11.0. The maximum Gasteiger partial charge on any atom is 0.153 e. The Balaban J connectivity index is 2.58. The quantitative estimate of drug-likeness (QED) is 0.782. The second kappa shape index (κ2) is 5.42. The van der Waals surface area contributed by atoms with Crippen LogP contribution in [-0.2, 0) is 11.3 Å². The SMILES string of the molecule is COCCn1c(C)c(C=O)c(Cl)c1-c1ccco1. The number of nitrogens with zero attached hydrogens (tertiary/aromatic N) is 1. The zero-order valence-electron chi connectivity index (χ0n) is 10.3. The second-order valence-corrected chi connectivity index (χ2v) is 4.28. The first-order valence-corrected chi connectivity index (χ1v) is 5.95. The van der Waals surface area contributed by atoms with E-state index in [0.717, 1.165) is 17.7 Å². The highest BCUT2D eigenvalue weighted by Gasteiger charge is 2.21. The van der Waals surface area contributed by atoms with E-state index < -0.39 is 0 Å². The zero-order chi connectivity index (χ0) is 13.1. The Morgan fingerprint density at radius 3 is 2.89 bits per heavy atom. The Kier molecular flexibility index (Phi) is 3.89. The molecule has 2 heterocycles. The molecule has 0 aliphatic rings. The number of ether oxygens (including phenoxy) is 1. The molecule has 4 nitrogen and oxygen atoms in total. The summed E-state index contributed by atoms with van der Waals surface area (Å²) in [5, 5.41) is 0.425. The minimum Gasteiger partial charge on any atom is -0.463 e. The number of hydrogen-bond acceptors (Lipinski definition) is 3. The third-order valence-corrected chi connectivity index (χ3v) is 3.28. The summed E-state index contributed by atoms with van der Waals surface area (Å²) in [5.41, 5.74) is 2.04. The van der Waals surface area contributed by atoms with E-state index in [9.17, 15) is 4.79 Å². The highest BCUT2D eigenvalue weighted by molar-refractivity contribution is 6.35. The van der Waals surface area contributed by atoms with Gasteiger partial charge in [0.25, 0.3) is 0 Å². The molecule has 0 spiro atoms. The summed E-state index contributed by atoms with van der Waals surface area (Å²) in [6, 6.07) is 3.60. The third-order valence-electron chi connectivity index (χ3n) is 2.90. The van der Waals surface area contributed by atoms with Crippen LogP contribution in [0.2, 0.25) is 5.02 Å². The van der Waals surface area contributed by atoms with Gasteiger partial charge in [-0.3, -0.25) is 4.79 Å². The monoisotopic (exact) mass is 267 g/mol. The van der Waals surface area contributed by atoms with Crippen LogP contribution in [0.25, 0.3) is 11.5 Å². The molecule has 0 bridgehead atoms. The first-order chi connectivity index (χ1) is 8.70. The molecule has 0 unspecified atom stereocenters. The van der Waals surface area contributed by atoms with Gasteiger partial charge in [-0.15, -0.1) is 0 Å². The molecule has 0 fully saturated rings. The summed E-state index contributed by atoms with van der Waals surface area (Å²) in [6.07, 6.45) is 2.35. The number of aldehydes is 1. The fraction of sp³-hybridized carbons (Fsp3) is 0.308. The molecule has 18 heavy (non-hydrogen) atoms. The third kappa shape index (κ3) is 2.09. The molecule has 0 aliphatic heterocycles. The number of halogens is 1. The van der Waals surface area contributed by atoms with Gasteiger partial charge in [0, 0.05) is 19.3 Å². The molecule has 0 aliphatic carbocycles. The Bertz CT molecular complexity index is 543. The molecule has 0 N–H and O–H groups in total. The van der Waals surface area contributed by atoms with Gasteiger partial charge in [0.1, 0.15) is 5.69 Å². The predicted molar refractivity (Wildman–Crippen MR) is 69.1 cm³/mol. The lowest BCUT2D eigenvalue weighted by Crippen LogP contribution is -2.07. The summed E-state index contributed by atoms with van der Waals surface area (Å²) < 4.78 is 12.4. The summed E-state index contributed by atoms with van der Waals surface area (Å²) in [4.78, 5) is 11.1. The first-order valence-electron chi connectivity index (χ1n) is 5.57. The van der Waals surface area contributed by atoms with E-state index >= 15 is 0 Å². The molecule has 2 rings (SSSR count). The number of aromatic nitrogens is 1. The summed E-state index contributed by atoms with van der Waals surface area (Å²) in [5.74, 6) is 0.646. The van der Waals surface area contributed by atoms with Crippen LogP contribution in [0.4, 0.5) is 0 Å². The van der Waals surface area contributed by atoms with Crippen LogP contribution in [0.5, 0.6) is 0 Å². The molecule has 0 atom stereocenters. The predicted octanol–water partition coefficient (Wildman–Crippen LogP) is 3.17. The van der Waals surface area contributed by atoms with Gasteiger partial charge in [-0.25, -0.2) is 0 Å². The van der Waals surface area contributed by atoms with E-state index in [0.29, 0.717) is 29.5 Å². The van der Waals surface area contributed by atoms with Crippen molar-refractivity contribution in [3.8, 4) is 11.5 Å². The van der Waals surface area contributed by atoms with E-state index in [1.54, 1.807) is 19.4 Å². The van der Waals surface area contributed by atoms with Crippen molar-refractivity contribution in [1.29, 1.82) is 0 Å². The van der Waals surface area contributed by atoms with Gasteiger partial charge in [-0.05, 0) is 19.1 Å². The van der Waals surface area contributed by atoms with Gasteiger partial charge < -0.3 is 13.7 Å².